The number of carbonyl (C=O) groups is 2. The van der Waals surface area contributed by atoms with E-state index in [1.165, 1.54) is 6.92 Å². The Balaban J connectivity index is 1.28. The first-order valence-electron chi connectivity index (χ1n) is 13.6. The number of rotatable bonds is 4. The van der Waals surface area contributed by atoms with E-state index in [0.717, 1.165) is 51.4 Å². The van der Waals surface area contributed by atoms with Crippen LogP contribution < -0.4 is 0 Å². The Bertz CT molecular complexity index is 894. The smallest absolute Gasteiger partial charge is 0.335 e. The molecular formula is C27H42O9. The number of Topliss-reactive ketones (excluding diaryl/α,β-unsaturated/α-hetero) is 1. The quantitative estimate of drug-likeness (QED) is 0.355. The summed E-state index contributed by atoms with van der Waals surface area (Å²) in [5.74, 6) is 0.259. The third-order valence-electron chi connectivity index (χ3n) is 11.5. The number of hydrogen-bond donors (Lipinski definition) is 5. The summed E-state index contributed by atoms with van der Waals surface area (Å²) in [4.78, 5) is 23.9. The molecule has 0 aromatic rings. The third-order valence-corrected chi connectivity index (χ3v) is 11.5. The molecule has 5 fully saturated rings. The van der Waals surface area contributed by atoms with Crippen molar-refractivity contribution in [3.8, 4) is 0 Å². The maximum atomic E-state index is 12.4. The Morgan fingerprint density at radius 2 is 1.58 bits per heavy atom. The molecule has 4 saturated carbocycles. The largest absolute Gasteiger partial charge is 0.479 e. The van der Waals surface area contributed by atoms with E-state index in [0.29, 0.717) is 30.1 Å². The van der Waals surface area contributed by atoms with E-state index in [1.54, 1.807) is 0 Å². The van der Waals surface area contributed by atoms with Crippen molar-refractivity contribution in [1.29, 1.82) is 0 Å². The number of fused-ring (bicyclic) bond motifs is 5. The van der Waals surface area contributed by atoms with Gasteiger partial charge in [-0.3, -0.25) is 4.79 Å². The molecule has 4 aliphatic carbocycles. The number of ether oxygens (including phenoxy) is 2. The second-order valence-corrected chi connectivity index (χ2v) is 12.8. The topological polar surface area (TPSA) is 154 Å². The number of carboxylic acid groups (broad SMARTS) is 1. The van der Waals surface area contributed by atoms with Crippen LogP contribution in [0.1, 0.15) is 78.6 Å². The summed E-state index contributed by atoms with van der Waals surface area (Å²) in [6.45, 7) is 6.04. The molecule has 0 bridgehead atoms. The highest BCUT2D eigenvalue weighted by Gasteiger charge is 2.66. The van der Waals surface area contributed by atoms with Crippen molar-refractivity contribution in [1.82, 2.24) is 0 Å². The molecule has 36 heavy (non-hydrogen) atoms. The van der Waals surface area contributed by atoms with Crippen LogP contribution in [0.5, 0.6) is 0 Å². The monoisotopic (exact) mass is 510 g/mol. The zero-order valence-corrected chi connectivity index (χ0v) is 21.5. The Kier molecular flexibility index (Phi) is 6.62. The second-order valence-electron chi connectivity index (χ2n) is 12.8. The maximum Gasteiger partial charge on any atom is 0.335 e. The summed E-state index contributed by atoms with van der Waals surface area (Å²) in [5.41, 5.74) is -1.45. The van der Waals surface area contributed by atoms with Crippen LogP contribution >= 0.6 is 0 Å². The highest BCUT2D eigenvalue weighted by molar-refractivity contribution is 5.86. The van der Waals surface area contributed by atoms with Crippen molar-refractivity contribution in [2.45, 2.75) is 121 Å². The SMILES string of the molecule is CC(=O)C1(O)CCC2C3CCC4CC(OC5OC(C(=O)O)C(O)C(O)C5O)CCC4(C)C3CCC21C. The van der Waals surface area contributed by atoms with Gasteiger partial charge in [0.15, 0.2) is 18.2 Å². The molecule has 0 amide bonds. The lowest BCUT2D eigenvalue weighted by atomic mass is 9.44. The molecule has 0 aromatic heterocycles. The number of ketones is 1. The fourth-order valence-corrected chi connectivity index (χ4v) is 9.29. The zero-order chi connectivity index (χ0) is 26.2. The normalized spacial score (nSPS) is 54.8. The lowest BCUT2D eigenvalue weighted by Gasteiger charge is -2.61. The highest BCUT2D eigenvalue weighted by Crippen LogP contribution is 2.68. The lowest BCUT2D eigenvalue weighted by Crippen LogP contribution is -2.61. The van der Waals surface area contributed by atoms with Crippen molar-refractivity contribution in [2.75, 3.05) is 0 Å². The summed E-state index contributed by atoms with van der Waals surface area (Å²) in [6, 6.07) is 0. The first kappa shape index (κ1) is 26.5. The Morgan fingerprint density at radius 3 is 2.25 bits per heavy atom. The fourth-order valence-electron chi connectivity index (χ4n) is 9.29. The molecule has 1 heterocycles. The van der Waals surface area contributed by atoms with Crippen LogP contribution in [0.25, 0.3) is 0 Å². The van der Waals surface area contributed by atoms with Crippen molar-refractivity contribution >= 4 is 11.8 Å². The van der Waals surface area contributed by atoms with Crippen LogP contribution in [-0.4, -0.2) is 79.7 Å². The Morgan fingerprint density at radius 1 is 0.889 bits per heavy atom. The minimum Gasteiger partial charge on any atom is -0.479 e. The molecule has 13 atom stereocenters. The lowest BCUT2D eigenvalue weighted by molar-refractivity contribution is -0.309. The van der Waals surface area contributed by atoms with Gasteiger partial charge in [-0.2, -0.15) is 0 Å². The van der Waals surface area contributed by atoms with E-state index in [-0.39, 0.29) is 22.7 Å². The fraction of sp³-hybridized carbons (Fsp3) is 0.926. The summed E-state index contributed by atoms with van der Waals surface area (Å²) < 4.78 is 11.4. The van der Waals surface area contributed by atoms with E-state index < -0.39 is 42.3 Å². The maximum absolute atomic E-state index is 12.4. The number of aliphatic hydroxyl groups excluding tert-OH is 3. The van der Waals surface area contributed by atoms with Gasteiger partial charge in [-0.25, -0.2) is 4.79 Å². The molecule has 5 rings (SSSR count). The average molecular weight is 511 g/mol. The second kappa shape index (κ2) is 8.99. The van der Waals surface area contributed by atoms with Gasteiger partial charge < -0.3 is 35.0 Å². The Hall–Kier alpha value is -1.10. The summed E-state index contributed by atoms with van der Waals surface area (Å²) in [7, 11) is 0. The van der Waals surface area contributed by atoms with Crippen LogP contribution in [-0.2, 0) is 19.1 Å². The molecule has 9 heteroatoms. The Labute approximate surface area is 212 Å². The van der Waals surface area contributed by atoms with Crippen LogP contribution in [0.4, 0.5) is 0 Å². The van der Waals surface area contributed by atoms with Gasteiger partial charge in [-0.05, 0) is 93.8 Å². The van der Waals surface area contributed by atoms with Gasteiger partial charge in [-0.1, -0.05) is 13.8 Å². The van der Waals surface area contributed by atoms with Gasteiger partial charge in [0.25, 0.3) is 0 Å². The van der Waals surface area contributed by atoms with Crippen molar-refractivity contribution in [3.63, 3.8) is 0 Å². The van der Waals surface area contributed by atoms with Gasteiger partial charge in [0.05, 0.1) is 6.10 Å². The predicted molar refractivity (Wildman–Crippen MR) is 127 cm³/mol. The van der Waals surface area contributed by atoms with Crippen LogP contribution in [0.15, 0.2) is 0 Å². The summed E-state index contributed by atoms with van der Waals surface area (Å²) in [5, 5.41) is 51.1. The molecule has 5 N–H and O–H groups in total. The van der Waals surface area contributed by atoms with Gasteiger partial charge in [0, 0.05) is 5.41 Å². The van der Waals surface area contributed by atoms with E-state index in [2.05, 4.69) is 13.8 Å². The minimum absolute atomic E-state index is 0.0987. The van der Waals surface area contributed by atoms with Gasteiger partial charge >= 0.3 is 5.97 Å². The molecule has 5 aliphatic rings. The molecule has 13 unspecified atom stereocenters. The van der Waals surface area contributed by atoms with Gasteiger partial charge in [0.2, 0.25) is 0 Å². The number of aliphatic carboxylic acids is 1. The van der Waals surface area contributed by atoms with Crippen LogP contribution in [0.3, 0.4) is 0 Å². The van der Waals surface area contributed by atoms with Gasteiger partial charge in [0.1, 0.15) is 23.9 Å². The molecule has 204 valence electrons. The highest BCUT2D eigenvalue weighted by atomic mass is 16.7. The number of hydrogen-bond acceptors (Lipinski definition) is 8. The van der Waals surface area contributed by atoms with Crippen LogP contribution in [0, 0.1) is 34.5 Å². The molecule has 0 radical (unpaired) electrons. The van der Waals surface area contributed by atoms with Crippen molar-refractivity contribution < 1.29 is 44.6 Å². The summed E-state index contributed by atoms with van der Waals surface area (Å²) in [6.07, 6.45) is -0.296. The van der Waals surface area contributed by atoms with Crippen LogP contribution in [0.2, 0.25) is 0 Å². The van der Waals surface area contributed by atoms with Crippen molar-refractivity contribution in [3.05, 3.63) is 0 Å². The minimum atomic E-state index is -1.73. The average Bonchev–Trinajstić information content (AvgIpc) is 3.11. The number of aliphatic hydroxyl groups is 4. The molecule has 1 saturated heterocycles. The third kappa shape index (κ3) is 3.72. The van der Waals surface area contributed by atoms with Crippen molar-refractivity contribution in [2.24, 2.45) is 34.5 Å². The summed E-state index contributed by atoms with van der Waals surface area (Å²) >= 11 is 0. The number of carbonyl (C=O) groups excluding carboxylic acids is 1. The first-order chi connectivity index (χ1) is 16.8. The molecule has 0 spiro atoms. The standard InChI is InChI=1S/C27H42O9/c1-13(28)27(34)11-8-18-16-5-4-14-12-15(6-9-25(14,2)17(16)7-10-26(18,27)3)35-24-21(31)19(29)20(30)22(36-24)23(32)33/h14-22,24,29-31,34H,4-12H2,1-3H3,(H,32,33). The molecule has 9 nitrogen and oxygen atoms in total. The van der Waals surface area contributed by atoms with E-state index >= 15 is 0 Å². The number of carboxylic acids is 1. The predicted octanol–water partition coefficient (Wildman–Crippen LogP) is 1.63. The molecular weight excluding hydrogens is 468 g/mol. The molecule has 1 aliphatic heterocycles. The van der Waals surface area contributed by atoms with Gasteiger partial charge in [-0.15, -0.1) is 0 Å². The van der Waals surface area contributed by atoms with E-state index in [9.17, 15) is 35.1 Å². The van der Waals surface area contributed by atoms with E-state index in [4.69, 9.17) is 9.47 Å². The van der Waals surface area contributed by atoms with E-state index in [1.807, 2.05) is 0 Å². The zero-order valence-electron chi connectivity index (χ0n) is 21.5. The molecule has 0 aromatic carbocycles. The first-order valence-corrected chi connectivity index (χ1v) is 13.6.